The molecule has 0 radical (unpaired) electrons. The monoisotopic (exact) mass is 318 g/mol. The zero-order chi connectivity index (χ0) is 14.9. The second-order valence-corrected chi connectivity index (χ2v) is 4.60. The van der Waals surface area contributed by atoms with Crippen molar-refractivity contribution >= 4 is 23.2 Å². The first-order valence-corrected chi connectivity index (χ1v) is 7.71. The zero-order valence-corrected chi connectivity index (χ0v) is 13.8. The molecular formula is C13H28Cl2O4. The van der Waals surface area contributed by atoms with E-state index in [1.54, 1.807) is 7.11 Å². The molecule has 0 spiro atoms. The number of rotatable bonds is 8. The SMILES string of the molecule is CCCOC.CCCOCC(O)CCl.ClCC1CO1. The van der Waals surface area contributed by atoms with Crippen molar-refractivity contribution < 1.29 is 19.3 Å². The van der Waals surface area contributed by atoms with Crippen LogP contribution in [0.1, 0.15) is 26.7 Å². The Bertz CT molecular complexity index is 156. The molecule has 6 heteroatoms. The average Bonchev–Trinajstić information content (AvgIpc) is 3.25. The van der Waals surface area contributed by atoms with Crippen molar-refractivity contribution in [2.24, 2.45) is 0 Å². The molecule has 1 heterocycles. The predicted molar refractivity (Wildman–Crippen MR) is 80.5 cm³/mol. The molecule has 1 fully saturated rings. The van der Waals surface area contributed by atoms with Gasteiger partial charge in [-0.05, 0) is 12.8 Å². The van der Waals surface area contributed by atoms with E-state index in [1.165, 1.54) is 0 Å². The molecule has 1 N–H and O–H groups in total. The molecule has 1 aliphatic heterocycles. The number of halogens is 2. The highest BCUT2D eigenvalue weighted by Gasteiger charge is 2.19. The number of methoxy groups -OCH3 is 1. The first-order valence-electron chi connectivity index (χ1n) is 6.64. The van der Waals surface area contributed by atoms with E-state index in [-0.39, 0.29) is 5.88 Å². The molecule has 0 amide bonds. The zero-order valence-electron chi connectivity index (χ0n) is 12.2. The van der Waals surface area contributed by atoms with E-state index in [0.29, 0.717) is 25.2 Å². The summed E-state index contributed by atoms with van der Waals surface area (Å²) in [6.07, 6.45) is 2.00. The van der Waals surface area contributed by atoms with Gasteiger partial charge in [0.2, 0.25) is 0 Å². The number of hydrogen-bond acceptors (Lipinski definition) is 4. The van der Waals surface area contributed by atoms with Gasteiger partial charge in [0.1, 0.15) is 0 Å². The summed E-state index contributed by atoms with van der Waals surface area (Å²) in [5, 5.41) is 8.83. The Morgan fingerprint density at radius 2 is 1.84 bits per heavy atom. The number of ether oxygens (including phenoxy) is 3. The van der Waals surface area contributed by atoms with E-state index in [1.807, 2.05) is 6.92 Å². The van der Waals surface area contributed by atoms with Crippen LogP contribution in [-0.2, 0) is 14.2 Å². The molecule has 2 unspecified atom stereocenters. The molecule has 0 bridgehead atoms. The molecule has 4 nitrogen and oxygen atoms in total. The van der Waals surface area contributed by atoms with Gasteiger partial charge in [-0.15, -0.1) is 23.2 Å². The molecule has 0 aromatic carbocycles. The normalized spacial score (nSPS) is 17.7. The fourth-order valence-electron chi connectivity index (χ4n) is 0.770. The van der Waals surface area contributed by atoms with Gasteiger partial charge in [-0.1, -0.05) is 13.8 Å². The van der Waals surface area contributed by atoms with Crippen molar-refractivity contribution in [3.05, 3.63) is 0 Å². The van der Waals surface area contributed by atoms with Crippen molar-refractivity contribution in [1.29, 1.82) is 0 Å². The minimum atomic E-state index is -0.502. The third kappa shape index (κ3) is 23.9. The average molecular weight is 319 g/mol. The Kier molecular flexibility index (Phi) is 21.1. The number of aliphatic hydroxyl groups is 1. The summed E-state index contributed by atoms with van der Waals surface area (Å²) in [7, 11) is 1.71. The van der Waals surface area contributed by atoms with Crippen molar-refractivity contribution in [3.63, 3.8) is 0 Å². The van der Waals surface area contributed by atoms with Gasteiger partial charge in [-0.25, -0.2) is 0 Å². The maximum Gasteiger partial charge on any atom is 0.0944 e. The van der Waals surface area contributed by atoms with E-state index >= 15 is 0 Å². The summed E-state index contributed by atoms with van der Waals surface area (Å²) in [4.78, 5) is 0. The Morgan fingerprint density at radius 1 is 1.26 bits per heavy atom. The van der Waals surface area contributed by atoms with Crippen LogP contribution in [0.2, 0.25) is 0 Å². The molecule has 19 heavy (non-hydrogen) atoms. The smallest absolute Gasteiger partial charge is 0.0944 e. The van der Waals surface area contributed by atoms with Crippen molar-refractivity contribution in [2.75, 3.05) is 45.3 Å². The van der Waals surface area contributed by atoms with Gasteiger partial charge in [-0.3, -0.25) is 0 Å². The first kappa shape index (κ1) is 21.7. The van der Waals surface area contributed by atoms with Crippen LogP contribution in [0.4, 0.5) is 0 Å². The number of epoxide rings is 1. The van der Waals surface area contributed by atoms with Crippen LogP contribution >= 0.6 is 23.2 Å². The summed E-state index contributed by atoms with van der Waals surface area (Å²) in [6.45, 7) is 6.94. The number of hydrogen-bond donors (Lipinski definition) is 1. The second kappa shape index (κ2) is 18.4. The molecule has 0 aromatic rings. The second-order valence-electron chi connectivity index (χ2n) is 3.99. The predicted octanol–water partition coefficient (Wildman–Crippen LogP) is 2.68. The van der Waals surface area contributed by atoms with E-state index in [9.17, 15) is 0 Å². The minimum absolute atomic E-state index is 0.254. The van der Waals surface area contributed by atoms with Crippen LogP contribution in [0.15, 0.2) is 0 Å². The molecular weight excluding hydrogens is 291 g/mol. The highest BCUT2D eigenvalue weighted by atomic mass is 35.5. The van der Waals surface area contributed by atoms with E-state index in [0.717, 1.165) is 26.1 Å². The Hall–Kier alpha value is 0.420. The van der Waals surface area contributed by atoms with Gasteiger partial charge in [0.25, 0.3) is 0 Å². The largest absolute Gasteiger partial charge is 0.389 e. The van der Waals surface area contributed by atoms with Gasteiger partial charge in [0.15, 0.2) is 0 Å². The van der Waals surface area contributed by atoms with Crippen LogP contribution in [0.5, 0.6) is 0 Å². The van der Waals surface area contributed by atoms with Crippen molar-refractivity contribution in [2.45, 2.75) is 38.9 Å². The summed E-state index contributed by atoms with van der Waals surface area (Å²) >= 11 is 10.6. The Labute approximate surface area is 127 Å². The lowest BCUT2D eigenvalue weighted by Gasteiger charge is -2.05. The van der Waals surface area contributed by atoms with Crippen molar-refractivity contribution in [1.82, 2.24) is 0 Å². The van der Waals surface area contributed by atoms with E-state index < -0.39 is 6.10 Å². The number of aliphatic hydroxyl groups excluding tert-OH is 1. The summed E-state index contributed by atoms with van der Waals surface area (Å²) in [5.41, 5.74) is 0. The summed E-state index contributed by atoms with van der Waals surface area (Å²) in [5.74, 6) is 0.920. The van der Waals surface area contributed by atoms with Gasteiger partial charge in [-0.2, -0.15) is 0 Å². The third-order valence-corrected chi connectivity index (χ3v) is 2.52. The van der Waals surface area contributed by atoms with E-state index in [4.69, 9.17) is 42.5 Å². The van der Waals surface area contributed by atoms with Crippen LogP contribution in [0, 0.1) is 0 Å². The topological polar surface area (TPSA) is 51.2 Å². The molecule has 118 valence electrons. The van der Waals surface area contributed by atoms with E-state index in [2.05, 4.69) is 6.92 Å². The van der Waals surface area contributed by atoms with Crippen molar-refractivity contribution in [3.8, 4) is 0 Å². The molecule has 1 rings (SSSR count). The summed E-state index contributed by atoms with van der Waals surface area (Å²) in [6, 6.07) is 0. The Morgan fingerprint density at radius 3 is 2.05 bits per heavy atom. The molecule has 0 aliphatic carbocycles. The van der Waals surface area contributed by atoms with Gasteiger partial charge in [0, 0.05) is 20.3 Å². The van der Waals surface area contributed by atoms with Gasteiger partial charge in [0.05, 0.1) is 37.2 Å². The standard InChI is InChI=1S/C6H13ClO2.C4H10O.C3H5ClO/c1-2-3-9-5-6(8)4-7;1-3-4-5-2;4-1-3-2-5-3/h6,8H,2-5H2,1H3;3-4H2,1-2H3;3H,1-2H2. The van der Waals surface area contributed by atoms with Gasteiger partial charge < -0.3 is 19.3 Å². The molecule has 0 saturated carbocycles. The van der Waals surface area contributed by atoms with Crippen LogP contribution in [0.3, 0.4) is 0 Å². The maximum absolute atomic E-state index is 8.83. The molecule has 1 saturated heterocycles. The maximum atomic E-state index is 8.83. The molecule has 0 aromatic heterocycles. The highest BCUT2D eigenvalue weighted by Crippen LogP contribution is 2.08. The molecule has 1 aliphatic rings. The molecule has 2 atom stereocenters. The van der Waals surface area contributed by atoms with Crippen LogP contribution in [-0.4, -0.2) is 62.6 Å². The number of alkyl halides is 2. The van der Waals surface area contributed by atoms with Crippen LogP contribution < -0.4 is 0 Å². The highest BCUT2D eigenvalue weighted by molar-refractivity contribution is 6.18. The lowest BCUT2D eigenvalue weighted by Crippen LogP contribution is -2.16. The summed E-state index contributed by atoms with van der Waals surface area (Å²) < 4.78 is 14.4. The Balaban J connectivity index is 0. The quantitative estimate of drug-likeness (QED) is 0.424. The fourth-order valence-corrected chi connectivity index (χ4v) is 1.04. The minimum Gasteiger partial charge on any atom is -0.389 e. The van der Waals surface area contributed by atoms with Gasteiger partial charge >= 0.3 is 0 Å². The first-order chi connectivity index (χ1) is 9.15. The third-order valence-electron chi connectivity index (χ3n) is 1.82. The lowest BCUT2D eigenvalue weighted by atomic mass is 10.4. The lowest BCUT2D eigenvalue weighted by molar-refractivity contribution is 0.0483. The van der Waals surface area contributed by atoms with Crippen LogP contribution in [0.25, 0.3) is 0 Å². The fraction of sp³-hybridized carbons (Fsp3) is 1.00.